The molecule has 9 heteroatoms. The summed E-state index contributed by atoms with van der Waals surface area (Å²) in [5, 5.41) is 6.32. The number of rotatable bonds is 3. The van der Waals surface area contributed by atoms with Gasteiger partial charge in [-0.2, -0.15) is 5.10 Å². The first-order chi connectivity index (χ1) is 11.1. The number of primary amides is 1. The Bertz CT molecular complexity index is 944. The first-order valence-corrected chi connectivity index (χ1v) is 6.64. The first kappa shape index (κ1) is 14.4. The number of para-hydroxylation sites is 1. The Morgan fingerprint density at radius 2 is 1.96 bits per heavy atom. The Labute approximate surface area is 129 Å². The van der Waals surface area contributed by atoms with E-state index in [9.17, 15) is 14.4 Å². The maximum Gasteiger partial charge on any atom is 0.318 e. The number of carbonyl (C=O) groups is 2. The number of carbonyl (C=O) groups excluding carboxylic acids is 2. The Morgan fingerprint density at radius 1 is 1.22 bits per heavy atom. The Morgan fingerprint density at radius 3 is 2.65 bits per heavy atom. The fourth-order valence-corrected chi connectivity index (χ4v) is 2.15. The molecule has 0 radical (unpaired) electrons. The minimum Gasteiger partial charge on any atom is -0.351 e. The van der Waals surface area contributed by atoms with Gasteiger partial charge in [-0.05, 0) is 12.1 Å². The molecule has 0 fully saturated rings. The van der Waals surface area contributed by atoms with E-state index in [1.54, 1.807) is 0 Å². The molecule has 2 aromatic heterocycles. The fourth-order valence-electron chi connectivity index (χ4n) is 2.15. The summed E-state index contributed by atoms with van der Waals surface area (Å²) in [7, 11) is 0. The second-order valence-electron chi connectivity index (χ2n) is 4.72. The van der Waals surface area contributed by atoms with Gasteiger partial charge in [-0.15, -0.1) is 0 Å². The molecule has 2 heterocycles. The van der Waals surface area contributed by atoms with Crippen molar-refractivity contribution in [2.75, 3.05) is 0 Å². The van der Waals surface area contributed by atoms with Crippen molar-refractivity contribution >= 4 is 23.0 Å². The lowest BCUT2D eigenvalue weighted by molar-refractivity contribution is -0.120. The number of nitrogens with one attached hydrogen (secondary N) is 1. The number of imide groups is 1. The summed E-state index contributed by atoms with van der Waals surface area (Å²) in [5.74, 6) is -0.698. The number of nitrogens with two attached hydrogens (primary N) is 1. The number of hydrogen-bond acceptors (Lipinski definition) is 5. The molecule has 0 saturated carbocycles. The molecule has 0 bridgehead atoms. The van der Waals surface area contributed by atoms with Gasteiger partial charge in [0.1, 0.15) is 18.3 Å². The summed E-state index contributed by atoms with van der Waals surface area (Å²) in [6.07, 6.45) is 2.62. The number of benzene rings is 1. The Kier molecular flexibility index (Phi) is 3.59. The summed E-state index contributed by atoms with van der Waals surface area (Å²) in [4.78, 5) is 38.7. The maximum absolute atomic E-state index is 12.4. The van der Waals surface area contributed by atoms with Crippen molar-refractivity contribution in [1.82, 2.24) is 24.6 Å². The molecule has 0 unspecified atom stereocenters. The quantitative estimate of drug-likeness (QED) is 0.691. The van der Waals surface area contributed by atoms with Gasteiger partial charge in [-0.3, -0.25) is 19.5 Å². The van der Waals surface area contributed by atoms with Crippen LogP contribution in [0.25, 0.3) is 16.7 Å². The van der Waals surface area contributed by atoms with Crippen molar-refractivity contribution in [2.45, 2.75) is 6.54 Å². The lowest BCUT2D eigenvalue weighted by Crippen LogP contribution is -2.39. The number of amides is 3. The molecular formula is C14H12N6O3. The van der Waals surface area contributed by atoms with E-state index >= 15 is 0 Å². The van der Waals surface area contributed by atoms with Crippen molar-refractivity contribution in [1.29, 1.82) is 0 Å². The average molecular weight is 312 g/mol. The van der Waals surface area contributed by atoms with E-state index in [2.05, 4.69) is 10.1 Å². The summed E-state index contributed by atoms with van der Waals surface area (Å²) in [6.45, 7) is -0.360. The molecule has 0 aliphatic rings. The van der Waals surface area contributed by atoms with E-state index in [1.165, 1.54) is 17.2 Å². The minimum absolute atomic E-state index is 0.267. The van der Waals surface area contributed by atoms with Crippen LogP contribution in [0.1, 0.15) is 0 Å². The van der Waals surface area contributed by atoms with Crippen LogP contribution >= 0.6 is 0 Å². The van der Waals surface area contributed by atoms with Gasteiger partial charge in [0.05, 0.1) is 11.9 Å². The molecule has 3 amide bonds. The molecule has 0 aliphatic carbocycles. The van der Waals surface area contributed by atoms with Gasteiger partial charge in [-0.1, -0.05) is 18.2 Å². The number of hydrogen-bond donors (Lipinski definition) is 2. The van der Waals surface area contributed by atoms with E-state index in [0.29, 0.717) is 5.65 Å². The van der Waals surface area contributed by atoms with Gasteiger partial charge in [0.15, 0.2) is 5.65 Å². The third-order valence-electron chi connectivity index (χ3n) is 3.13. The SMILES string of the molecule is NC(=O)NC(=O)Cn1cnc2c(cnn2-c2ccccc2)c1=O. The summed E-state index contributed by atoms with van der Waals surface area (Å²) in [6, 6.07) is 8.25. The zero-order valence-corrected chi connectivity index (χ0v) is 11.8. The first-order valence-electron chi connectivity index (χ1n) is 6.64. The molecule has 1 aromatic carbocycles. The van der Waals surface area contributed by atoms with Crippen molar-refractivity contribution < 1.29 is 9.59 Å². The molecule has 23 heavy (non-hydrogen) atoms. The lowest BCUT2D eigenvalue weighted by atomic mass is 10.3. The molecule has 0 saturated heterocycles. The third-order valence-corrected chi connectivity index (χ3v) is 3.13. The van der Waals surface area contributed by atoms with Crippen LogP contribution in [0, 0.1) is 0 Å². The highest BCUT2D eigenvalue weighted by atomic mass is 16.2. The average Bonchev–Trinajstić information content (AvgIpc) is 2.95. The summed E-state index contributed by atoms with van der Waals surface area (Å²) in [5.41, 5.74) is 5.57. The van der Waals surface area contributed by atoms with Crippen LogP contribution in [0.2, 0.25) is 0 Å². The highest BCUT2D eigenvalue weighted by Crippen LogP contribution is 2.12. The van der Waals surface area contributed by atoms with Crippen molar-refractivity contribution in [3.8, 4) is 5.69 Å². The lowest BCUT2D eigenvalue weighted by Gasteiger charge is -2.05. The van der Waals surface area contributed by atoms with Gasteiger partial charge in [0, 0.05) is 0 Å². The predicted octanol–water partition coefficient (Wildman–Crippen LogP) is -0.223. The van der Waals surface area contributed by atoms with Crippen molar-refractivity contribution in [3.63, 3.8) is 0 Å². The zero-order chi connectivity index (χ0) is 16.4. The highest BCUT2D eigenvalue weighted by Gasteiger charge is 2.13. The monoisotopic (exact) mass is 312 g/mol. The molecule has 0 spiro atoms. The molecular weight excluding hydrogens is 300 g/mol. The molecule has 9 nitrogen and oxygen atoms in total. The molecule has 116 valence electrons. The second-order valence-corrected chi connectivity index (χ2v) is 4.72. The number of urea groups is 1. The second kappa shape index (κ2) is 5.72. The standard InChI is InChI=1S/C14H12N6O3/c15-14(23)18-11(21)7-19-8-16-12-10(13(19)22)6-17-20(12)9-4-2-1-3-5-9/h1-6,8H,7H2,(H3,15,18,21,23). The molecule has 3 aromatic rings. The maximum atomic E-state index is 12.4. The Hall–Kier alpha value is -3.49. The normalized spacial score (nSPS) is 10.6. The van der Waals surface area contributed by atoms with Crippen LogP contribution in [0.5, 0.6) is 0 Å². The highest BCUT2D eigenvalue weighted by molar-refractivity contribution is 5.93. The molecule has 0 aliphatic heterocycles. The van der Waals surface area contributed by atoms with Crippen LogP contribution < -0.4 is 16.6 Å². The van der Waals surface area contributed by atoms with Gasteiger partial charge in [0.2, 0.25) is 5.91 Å². The van der Waals surface area contributed by atoms with Crippen LogP contribution in [0.3, 0.4) is 0 Å². The summed E-state index contributed by atoms with van der Waals surface area (Å²) < 4.78 is 2.61. The predicted molar refractivity (Wildman–Crippen MR) is 80.9 cm³/mol. The zero-order valence-electron chi connectivity index (χ0n) is 11.8. The largest absolute Gasteiger partial charge is 0.351 e. The summed E-state index contributed by atoms with van der Waals surface area (Å²) >= 11 is 0. The van der Waals surface area contributed by atoms with E-state index in [-0.39, 0.29) is 11.9 Å². The Balaban J connectivity index is 2.00. The number of fused-ring (bicyclic) bond motifs is 1. The fraction of sp³-hybridized carbons (Fsp3) is 0.0714. The number of nitrogens with zero attached hydrogens (tertiary/aromatic N) is 4. The van der Waals surface area contributed by atoms with E-state index < -0.39 is 17.5 Å². The molecule has 0 atom stereocenters. The van der Waals surface area contributed by atoms with Gasteiger partial charge < -0.3 is 5.73 Å². The van der Waals surface area contributed by atoms with Gasteiger partial charge >= 0.3 is 6.03 Å². The van der Waals surface area contributed by atoms with Gasteiger partial charge in [0.25, 0.3) is 5.56 Å². The van der Waals surface area contributed by atoms with Crippen LogP contribution in [0.4, 0.5) is 4.79 Å². The van der Waals surface area contributed by atoms with Gasteiger partial charge in [-0.25, -0.2) is 14.5 Å². The number of aromatic nitrogens is 4. The topological polar surface area (TPSA) is 125 Å². The van der Waals surface area contributed by atoms with E-state index in [0.717, 1.165) is 10.3 Å². The minimum atomic E-state index is -0.978. The molecule has 3 rings (SSSR count). The van der Waals surface area contributed by atoms with Crippen LogP contribution in [-0.4, -0.2) is 31.3 Å². The van der Waals surface area contributed by atoms with E-state index in [1.807, 2.05) is 35.6 Å². The smallest absolute Gasteiger partial charge is 0.318 e. The van der Waals surface area contributed by atoms with Crippen LogP contribution in [0.15, 0.2) is 47.7 Å². The van der Waals surface area contributed by atoms with Crippen molar-refractivity contribution in [2.24, 2.45) is 5.73 Å². The van der Waals surface area contributed by atoms with Crippen molar-refractivity contribution in [3.05, 3.63) is 53.2 Å². The third kappa shape index (κ3) is 2.79. The van der Waals surface area contributed by atoms with Crippen LogP contribution in [-0.2, 0) is 11.3 Å². The van der Waals surface area contributed by atoms with E-state index in [4.69, 9.17) is 5.73 Å². The molecule has 3 N–H and O–H groups in total.